The molecular formula is C29H28N2O4. The summed E-state index contributed by atoms with van der Waals surface area (Å²) >= 11 is 0. The molecule has 0 fully saturated rings. The number of anilines is 2. The predicted molar refractivity (Wildman–Crippen MR) is 136 cm³/mol. The largest absolute Gasteiger partial charge is 0.493 e. The average molecular weight is 469 g/mol. The molecule has 1 aliphatic heterocycles. The van der Waals surface area contributed by atoms with Crippen molar-refractivity contribution >= 4 is 23.3 Å². The molecule has 3 aromatic carbocycles. The lowest BCUT2D eigenvalue weighted by atomic mass is 9.77. The van der Waals surface area contributed by atoms with E-state index in [1.54, 1.807) is 13.2 Å². The van der Waals surface area contributed by atoms with E-state index in [1.807, 2.05) is 55.5 Å². The number of hydrogen-bond donors (Lipinski definition) is 2. The van der Waals surface area contributed by atoms with Gasteiger partial charge in [0.05, 0.1) is 13.2 Å². The Bertz CT molecular complexity index is 1330. The Morgan fingerprint density at radius 3 is 2.63 bits per heavy atom. The minimum Gasteiger partial charge on any atom is -0.493 e. The van der Waals surface area contributed by atoms with E-state index in [4.69, 9.17) is 9.47 Å². The first kappa shape index (κ1) is 22.7. The fraction of sp³-hybridized carbons (Fsp3) is 0.241. The minimum atomic E-state index is -0.383. The molecule has 35 heavy (non-hydrogen) atoms. The van der Waals surface area contributed by atoms with Crippen LogP contribution >= 0.6 is 0 Å². The third kappa shape index (κ3) is 4.39. The number of ether oxygens (including phenoxy) is 2. The first-order valence-corrected chi connectivity index (χ1v) is 11.7. The van der Waals surface area contributed by atoms with Crippen molar-refractivity contribution in [3.63, 3.8) is 0 Å². The van der Waals surface area contributed by atoms with Crippen molar-refractivity contribution in [3.05, 3.63) is 95.1 Å². The molecule has 1 heterocycles. The quantitative estimate of drug-likeness (QED) is 0.273. The van der Waals surface area contributed by atoms with Gasteiger partial charge in [-0.1, -0.05) is 36.4 Å². The van der Waals surface area contributed by atoms with Crippen LogP contribution in [0, 0.1) is 12.8 Å². The van der Waals surface area contributed by atoms with Gasteiger partial charge in [-0.05, 0) is 72.4 Å². The number of fused-ring (bicyclic) bond motifs is 3. The van der Waals surface area contributed by atoms with E-state index in [-0.39, 0.29) is 23.8 Å². The van der Waals surface area contributed by atoms with Gasteiger partial charge in [-0.2, -0.15) is 0 Å². The van der Waals surface area contributed by atoms with E-state index in [9.17, 15) is 9.59 Å². The fourth-order valence-corrected chi connectivity index (χ4v) is 5.15. The Morgan fingerprint density at radius 1 is 1.03 bits per heavy atom. The Kier molecular flexibility index (Phi) is 6.03. The molecule has 6 nitrogen and oxygen atoms in total. The van der Waals surface area contributed by atoms with Crippen LogP contribution in [0.4, 0.5) is 11.4 Å². The van der Waals surface area contributed by atoms with Crippen LogP contribution in [0.2, 0.25) is 0 Å². The van der Waals surface area contributed by atoms with Gasteiger partial charge in [0.2, 0.25) is 0 Å². The summed E-state index contributed by atoms with van der Waals surface area (Å²) in [7, 11) is 1.57. The van der Waals surface area contributed by atoms with Gasteiger partial charge in [-0.15, -0.1) is 0 Å². The molecule has 0 saturated carbocycles. The van der Waals surface area contributed by atoms with Gasteiger partial charge in [0.15, 0.2) is 11.5 Å². The maximum Gasteiger partial charge on any atom is 0.308 e. The van der Waals surface area contributed by atoms with Gasteiger partial charge in [-0.25, -0.2) is 0 Å². The van der Waals surface area contributed by atoms with E-state index >= 15 is 0 Å². The van der Waals surface area contributed by atoms with Crippen molar-refractivity contribution in [2.24, 2.45) is 5.92 Å². The van der Waals surface area contributed by atoms with Crippen LogP contribution in [0.1, 0.15) is 52.4 Å². The zero-order valence-electron chi connectivity index (χ0n) is 20.0. The predicted octanol–water partition coefficient (Wildman–Crippen LogP) is 6.01. The summed E-state index contributed by atoms with van der Waals surface area (Å²) in [6.45, 7) is 3.31. The summed E-state index contributed by atoms with van der Waals surface area (Å²) < 4.78 is 10.8. The second-order valence-electron chi connectivity index (χ2n) is 9.05. The Hall–Kier alpha value is -4.06. The Morgan fingerprint density at radius 2 is 1.86 bits per heavy atom. The van der Waals surface area contributed by atoms with Crippen LogP contribution in [-0.2, 0) is 4.79 Å². The molecular weight excluding hydrogens is 440 g/mol. The molecule has 1 aliphatic carbocycles. The van der Waals surface area contributed by atoms with Crippen molar-refractivity contribution in [1.82, 2.24) is 0 Å². The maximum atomic E-state index is 12.8. The zero-order valence-corrected chi connectivity index (χ0v) is 20.0. The standard InChI is InChI=1S/C29H28N2O4/c1-17-7-4-5-8-21(17)29(33)30-20-12-13-25-24(16-20)22-9-6-10-23(22)28(31-25)19-11-14-26(35-18(2)32)27(15-19)34-3/h4-9,11-16,22-23,28,31H,10H2,1-3H3,(H,30,33). The number of nitrogens with one attached hydrogen (secondary N) is 2. The molecule has 0 radical (unpaired) electrons. The normalized spacial score (nSPS) is 19.8. The van der Waals surface area contributed by atoms with Crippen molar-refractivity contribution in [1.29, 1.82) is 0 Å². The van der Waals surface area contributed by atoms with Gasteiger partial charge in [-0.3, -0.25) is 9.59 Å². The third-order valence-corrected chi connectivity index (χ3v) is 6.81. The lowest BCUT2D eigenvalue weighted by molar-refractivity contribution is -0.132. The van der Waals surface area contributed by atoms with Gasteiger partial charge in [0, 0.05) is 29.8 Å². The lowest BCUT2D eigenvalue weighted by Gasteiger charge is -2.38. The van der Waals surface area contributed by atoms with Crippen molar-refractivity contribution in [2.75, 3.05) is 17.7 Å². The van der Waals surface area contributed by atoms with Crippen LogP contribution in [0.25, 0.3) is 0 Å². The number of amides is 1. The molecule has 0 bridgehead atoms. The number of methoxy groups -OCH3 is 1. The lowest BCUT2D eigenvalue weighted by Crippen LogP contribution is -2.29. The Balaban J connectivity index is 1.43. The molecule has 0 aromatic heterocycles. The van der Waals surface area contributed by atoms with Gasteiger partial charge in [0.1, 0.15) is 0 Å². The highest BCUT2D eigenvalue weighted by atomic mass is 16.6. The molecule has 2 aliphatic rings. The van der Waals surface area contributed by atoms with Crippen LogP contribution in [0.15, 0.2) is 72.8 Å². The highest BCUT2D eigenvalue weighted by Gasteiger charge is 2.38. The van der Waals surface area contributed by atoms with Gasteiger partial charge >= 0.3 is 5.97 Å². The molecule has 3 aromatic rings. The van der Waals surface area contributed by atoms with Crippen LogP contribution in [0.5, 0.6) is 11.5 Å². The molecule has 3 atom stereocenters. The zero-order chi connectivity index (χ0) is 24.5. The SMILES string of the molecule is COc1cc(C2Nc3ccc(NC(=O)c4ccccc4C)cc3C3C=CCC32)ccc1OC(C)=O. The molecule has 6 heteroatoms. The van der Waals surface area contributed by atoms with Crippen LogP contribution < -0.4 is 20.1 Å². The number of benzene rings is 3. The summed E-state index contributed by atoms with van der Waals surface area (Å²) in [5, 5.41) is 6.76. The molecule has 0 spiro atoms. The summed E-state index contributed by atoms with van der Waals surface area (Å²) in [6, 6.07) is 19.4. The number of carbonyl (C=O) groups is 2. The molecule has 0 saturated heterocycles. The summed E-state index contributed by atoms with van der Waals surface area (Å²) in [5.41, 5.74) is 5.68. The topological polar surface area (TPSA) is 76.7 Å². The van der Waals surface area contributed by atoms with E-state index in [1.165, 1.54) is 12.5 Å². The first-order valence-electron chi connectivity index (χ1n) is 11.7. The highest BCUT2D eigenvalue weighted by molar-refractivity contribution is 6.05. The van der Waals surface area contributed by atoms with Crippen molar-refractivity contribution < 1.29 is 19.1 Å². The van der Waals surface area contributed by atoms with Gasteiger partial charge in [0.25, 0.3) is 5.91 Å². The summed E-state index contributed by atoms with van der Waals surface area (Å²) in [4.78, 5) is 24.3. The minimum absolute atomic E-state index is 0.0650. The molecule has 2 N–H and O–H groups in total. The van der Waals surface area contributed by atoms with Gasteiger partial charge < -0.3 is 20.1 Å². The van der Waals surface area contributed by atoms with E-state index < -0.39 is 0 Å². The smallest absolute Gasteiger partial charge is 0.308 e. The molecule has 1 amide bonds. The average Bonchev–Trinajstić information content (AvgIpc) is 3.34. The number of aryl methyl sites for hydroxylation is 1. The second kappa shape index (κ2) is 9.29. The van der Waals surface area contributed by atoms with E-state index in [2.05, 4.69) is 28.9 Å². The number of allylic oxidation sites excluding steroid dienone is 2. The number of rotatable bonds is 5. The molecule has 5 rings (SSSR count). The van der Waals surface area contributed by atoms with E-state index in [0.29, 0.717) is 23.0 Å². The first-order chi connectivity index (χ1) is 16.9. The van der Waals surface area contributed by atoms with Crippen molar-refractivity contribution in [2.45, 2.75) is 32.2 Å². The molecule has 3 unspecified atom stereocenters. The number of hydrogen-bond acceptors (Lipinski definition) is 5. The second-order valence-corrected chi connectivity index (χ2v) is 9.05. The van der Waals surface area contributed by atoms with E-state index in [0.717, 1.165) is 28.9 Å². The maximum absolute atomic E-state index is 12.8. The van der Waals surface area contributed by atoms with Crippen LogP contribution in [-0.4, -0.2) is 19.0 Å². The number of carbonyl (C=O) groups excluding carboxylic acids is 2. The third-order valence-electron chi connectivity index (χ3n) is 6.81. The Labute approximate surface area is 205 Å². The summed E-state index contributed by atoms with van der Waals surface area (Å²) in [6.07, 6.45) is 5.42. The number of esters is 1. The van der Waals surface area contributed by atoms with Crippen LogP contribution in [0.3, 0.4) is 0 Å². The monoisotopic (exact) mass is 468 g/mol. The van der Waals surface area contributed by atoms with Crippen molar-refractivity contribution in [3.8, 4) is 11.5 Å². The summed E-state index contributed by atoms with van der Waals surface area (Å²) in [5.74, 6) is 0.992. The highest BCUT2D eigenvalue weighted by Crippen LogP contribution is 2.51. The molecule has 178 valence electrons. The fourth-order valence-electron chi connectivity index (χ4n) is 5.15.